The quantitative estimate of drug-likeness (QED) is 0.420. The van der Waals surface area contributed by atoms with Gasteiger partial charge in [0.15, 0.2) is 5.75 Å². The zero-order valence-electron chi connectivity index (χ0n) is 12.7. The molecule has 0 bridgehead atoms. The van der Waals surface area contributed by atoms with E-state index in [1.807, 2.05) is 6.92 Å². The fourth-order valence-corrected chi connectivity index (χ4v) is 2.80. The Labute approximate surface area is 139 Å². The first-order valence-corrected chi connectivity index (χ1v) is 8.41. The standard InChI is InChI=1S/C15H12F6O3S/c1-2-3-9-4-6-11-10(8-9)5-7-12(13(11)14(16,17)18)24-25(22,23)15(19,20)21/h4-8H,2-3H2,1H3. The van der Waals surface area contributed by atoms with Crippen LogP contribution in [-0.4, -0.2) is 13.9 Å². The second-order valence-corrected chi connectivity index (χ2v) is 6.76. The molecule has 0 aliphatic heterocycles. The number of fused-ring (bicyclic) bond motifs is 1. The lowest BCUT2D eigenvalue weighted by atomic mass is 9.99. The van der Waals surface area contributed by atoms with Gasteiger partial charge in [0.25, 0.3) is 0 Å². The van der Waals surface area contributed by atoms with E-state index in [-0.39, 0.29) is 5.39 Å². The SMILES string of the molecule is CCCc1ccc2c(C(F)(F)F)c(OS(=O)(=O)C(F)(F)F)ccc2c1. The Balaban J connectivity index is 2.68. The third kappa shape index (κ3) is 4.00. The van der Waals surface area contributed by atoms with Crippen molar-refractivity contribution in [3.8, 4) is 5.75 Å². The summed E-state index contributed by atoms with van der Waals surface area (Å²) in [6.45, 7) is 1.88. The molecule has 138 valence electrons. The molecule has 0 saturated carbocycles. The highest BCUT2D eigenvalue weighted by atomic mass is 32.2. The molecule has 2 aromatic carbocycles. The van der Waals surface area contributed by atoms with Gasteiger partial charge >= 0.3 is 21.8 Å². The predicted molar refractivity (Wildman–Crippen MR) is 78.5 cm³/mol. The van der Waals surface area contributed by atoms with Crippen molar-refractivity contribution in [3.63, 3.8) is 0 Å². The van der Waals surface area contributed by atoms with E-state index < -0.39 is 38.5 Å². The van der Waals surface area contributed by atoms with Gasteiger partial charge in [-0.15, -0.1) is 0 Å². The van der Waals surface area contributed by atoms with Crippen LogP contribution in [0.4, 0.5) is 26.3 Å². The molecule has 0 atom stereocenters. The van der Waals surface area contributed by atoms with Gasteiger partial charge < -0.3 is 4.18 Å². The molecule has 0 amide bonds. The number of hydrogen-bond donors (Lipinski definition) is 0. The van der Waals surface area contributed by atoms with Crippen LogP contribution in [0.25, 0.3) is 10.8 Å². The first-order valence-electron chi connectivity index (χ1n) is 7.00. The predicted octanol–water partition coefficient (Wildman–Crippen LogP) is 5.04. The van der Waals surface area contributed by atoms with Crippen molar-refractivity contribution in [3.05, 3.63) is 41.5 Å². The van der Waals surface area contributed by atoms with Gasteiger partial charge in [0, 0.05) is 0 Å². The summed E-state index contributed by atoms with van der Waals surface area (Å²) in [5, 5.41) is -0.322. The number of alkyl halides is 6. The first-order chi connectivity index (χ1) is 11.4. The molecule has 2 rings (SSSR count). The van der Waals surface area contributed by atoms with Crippen LogP contribution >= 0.6 is 0 Å². The minimum Gasteiger partial charge on any atom is -0.375 e. The topological polar surface area (TPSA) is 43.4 Å². The number of halogens is 6. The molecule has 0 aromatic heterocycles. The molecule has 0 aliphatic carbocycles. The van der Waals surface area contributed by atoms with Crippen molar-refractivity contribution < 1.29 is 38.9 Å². The van der Waals surface area contributed by atoms with Gasteiger partial charge in [0.05, 0.1) is 0 Å². The molecule has 2 aromatic rings. The van der Waals surface area contributed by atoms with Crippen LogP contribution in [0.2, 0.25) is 0 Å². The molecule has 0 fully saturated rings. The van der Waals surface area contributed by atoms with Crippen LogP contribution in [0.15, 0.2) is 30.3 Å². The zero-order valence-corrected chi connectivity index (χ0v) is 13.5. The summed E-state index contributed by atoms with van der Waals surface area (Å²) in [7, 11) is -6.22. The summed E-state index contributed by atoms with van der Waals surface area (Å²) in [6.07, 6.45) is -3.75. The fraction of sp³-hybridized carbons (Fsp3) is 0.333. The van der Waals surface area contributed by atoms with Gasteiger partial charge in [-0.25, -0.2) is 0 Å². The van der Waals surface area contributed by atoms with Crippen molar-refractivity contribution in [2.45, 2.75) is 31.5 Å². The van der Waals surface area contributed by atoms with E-state index in [1.54, 1.807) is 0 Å². The average molecular weight is 386 g/mol. The molecule has 0 aliphatic rings. The van der Waals surface area contributed by atoms with E-state index in [9.17, 15) is 34.8 Å². The Bertz CT molecular complexity index is 885. The maximum Gasteiger partial charge on any atom is 0.534 e. The Hall–Kier alpha value is -1.97. The molecule has 0 heterocycles. The van der Waals surface area contributed by atoms with Crippen molar-refractivity contribution in [2.24, 2.45) is 0 Å². The third-order valence-electron chi connectivity index (χ3n) is 3.35. The molecular weight excluding hydrogens is 374 g/mol. The fourth-order valence-electron chi connectivity index (χ4n) is 2.33. The smallest absolute Gasteiger partial charge is 0.375 e. The van der Waals surface area contributed by atoms with Crippen LogP contribution in [0.5, 0.6) is 5.75 Å². The normalized spacial score (nSPS) is 13.2. The van der Waals surface area contributed by atoms with E-state index in [2.05, 4.69) is 4.18 Å². The lowest BCUT2D eigenvalue weighted by Crippen LogP contribution is -2.29. The minimum atomic E-state index is -6.22. The van der Waals surface area contributed by atoms with E-state index in [0.717, 1.165) is 24.1 Å². The first kappa shape index (κ1) is 19.4. The maximum absolute atomic E-state index is 13.3. The van der Waals surface area contributed by atoms with E-state index in [1.165, 1.54) is 12.1 Å². The van der Waals surface area contributed by atoms with Gasteiger partial charge in [-0.3, -0.25) is 0 Å². The molecule has 0 spiro atoms. The van der Waals surface area contributed by atoms with Crippen molar-refractivity contribution >= 4 is 20.9 Å². The summed E-state index contributed by atoms with van der Waals surface area (Å²) in [5.74, 6) is -1.42. The largest absolute Gasteiger partial charge is 0.534 e. The maximum atomic E-state index is 13.3. The Morgan fingerprint density at radius 3 is 2.16 bits per heavy atom. The molecule has 0 saturated heterocycles. The van der Waals surface area contributed by atoms with Gasteiger partial charge in [-0.05, 0) is 28.8 Å². The van der Waals surface area contributed by atoms with Crippen LogP contribution in [0.1, 0.15) is 24.5 Å². The van der Waals surface area contributed by atoms with E-state index >= 15 is 0 Å². The molecule has 0 radical (unpaired) electrons. The average Bonchev–Trinajstić information content (AvgIpc) is 2.44. The lowest BCUT2D eigenvalue weighted by molar-refractivity contribution is -0.137. The molecule has 0 unspecified atom stereocenters. The molecule has 25 heavy (non-hydrogen) atoms. The highest BCUT2D eigenvalue weighted by Crippen LogP contribution is 2.43. The lowest BCUT2D eigenvalue weighted by Gasteiger charge is -2.17. The molecule has 0 N–H and O–H groups in total. The molecular formula is C15H12F6O3S. The Morgan fingerprint density at radius 2 is 1.64 bits per heavy atom. The summed E-state index contributed by atoms with van der Waals surface area (Å²) < 4.78 is 103. The number of hydrogen-bond acceptors (Lipinski definition) is 3. The Morgan fingerprint density at radius 1 is 1.00 bits per heavy atom. The third-order valence-corrected chi connectivity index (χ3v) is 4.32. The van der Waals surface area contributed by atoms with Crippen molar-refractivity contribution in [1.82, 2.24) is 0 Å². The molecule has 10 heteroatoms. The summed E-state index contributed by atoms with van der Waals surface area (Å²) in [4.78, 5) is 0. The van der Waals surface area contributed by atoms with Crippen LogP contribution < -0.4 is 4.18 Å². The monoisotopic (exact) mass is 386 g/mol. The molecule has 3 nitrogen and oxygen atoms in total. The summed E-state index contributed by atoms with van der Waals surface area (Å²) >= 11 is 0. The highest BCUT2D eigenvalue weighted by Gasteiger charge is 2.50. The number of rotatable bonds is 4. The highest BCUT2D eigenvalue weighted by molar-refractivity contribution is 7.88. The van der Waals surface area contributed by atoms with Crippen LogP contribution in [0, 0.1) is 0 Å². The number of aryl methyl sites for hydroxylation is 1. The van der Waals surface area contributed by atoms with E-state index in [0.29, 0.717) is 12.5 Å². The second kappa shape index (κ2) is 6.40. The van der Waals surface area contributed by atoms with Crippen molar-refractivity contribution in [1.29, 1.82) is 0 Å². The summed E-state index contributed by atoms with van der Waals surface area (Å²) in [5.41, 5.74) is -6.66. The minimum absolute atomic E-state index is 0.120. The van der Waals surface area contributed by atoms with Crippen LogP contribution in [0.3, 0.4) is 0 Å². The van der Waals surface area contributed by atoms with E-state index in [4.69, 9.17) is 0 Å². The van der Waals surface area contributed by atoms with Crippen molar-refractivity contribution in [2.75, 3.05) is 0 Å². The second-order valence-electron chi connectivity index (χ2n) is 5.23. The van der Waals surface area contributed by atoms with Gasteiger partial charge in [0.2, 0.25) is 0 Å². The van der Waals surface area contributed by atoms with Crippen LogP contribution in [-0.2, 0) is 22.7 Å². The van der Waals surface area contributed by atoms with Gasteiger partial charge in [0.1, 0.15) is 5.56 Å². The number of benzene rings is 2. The summed E-state index contributed by atoms with van der Waals surface area (Å²) in [6, 6.07) is 5.63. The van der Waals surface area contributed by atoms with Gasteiger partial charge in [-0.2, -0.15) is 34.8 Å². The Kier molecular flexibility index (Phi) is 4.95. The van der Waals surface area contributed by atoms with Gasteiger partial charge in [-0.1, -0.05) is 37.6 Å². The zero-order chi connectivity index (χ0) is 19.0.